The molecule has 0 N–H and O–H groups in total. The van der Waals surface area contributed by atoms with Gasteiger partial charge in [-0.2, -0.15) is 0 Å². The van der Waals surface area contributed by atoms with E-state index < -0.39 is 0 Å². The molecule has 62 heavy (non-hydrogen) atoms. The van der Waals surface area contributed by atoms with Crippen LogP contribution in [0, 0.1) is 0 Å². The Morgan fingerprint density at radius 1 is 0.290 bits per heavy atom. The standard InChI is InChI=1S/C58H36N4/c1-3-16-39(17-4-1)51-35-52(42-27-26-37-14-7-8-18-40(37)32-42)60-58(59-51)48-24-13-19-41-33-44(29-30-45(41)48)62-53-25-12-11-23-47(53)49-34-50-56(36-55(49)62)61(43-20-5-2-6-21-43)54-31-28-38-15-9-10-22-46(38)57(50)54/h1-36H. The molecule has 0 amide bonds. The maximum Gasteiger partial charge on any atom is 0.161 e. The molecule has 0 fully saturated rings. The molecule has 0 spiro atoms. The fraction of sp³-hybridized carbons (Fsp3) is 0. The molecule has 10 aromatic carbocycles. The fourth-order valence-corrected chi connectivity index (χ4v) is 9.81. The Hall–Kier alpha value is -8.34. The van der Waals surface area contributed by atoms with Crippen molar-refractivity contribution in [2.75, 3.05) is 0 Å². The lowest BCUT2D eigenvalue weighted by Crippen LogP contribution is -1.98. The van der Waals surface area contributed by atoms with Crippen LogP contribution in [0.5, 0.6) is 0 Å². The zero-order valence-electron chi connectivity index (χ0n) is 33.6. The minimum atomic E-state index is 0.702. The predicted molar refractivity (Wildman–Crippen MR) is 260 cm³/mol. The van der Waals surface area contributed by atoms with E-state index in [1.54, 1.807) is 0 Å². The molecular weight excluding hydrogens is 753 g/mol. The van der Waals surface area contributed by atoms with Gasteiger partial charge < -0.3 is 9.13 Å². The molecule has 0 radical (unpaired) electrons. The number of benzene rings is 10. The Morgan fingerprint density at radius 3 is 1.81 bits per heavy atom. The van der Waals surface area contributed by atoms with Crippen molar-refractivity contribution in [3.05, 3.63) is 218 Å². The fourth-order valence-electron chi connectivity index (χ4n) is 9.81. The molecule has 0 unspecified atom stereocenters. The first-order valence-corrected chi connectivity index (χ1v) is 21.2. The summed E-state index contributed by atoms with van der Waals surface area (Å²) in [6.07, 6.45) is 0. The third-order valence-corrected chi connectivity index (χ3v) is 12.7. The van der Waals surface area contributed by atoms with Gasteiger partial charge in [0.2, 0.25) is 0 Å². The van der Waals surface area contributed by atoms with Gasteiger partial charge in [-0.05, 0) is 93.0 Å². The second-order valence-corrected chi connectivity index (χ2v) is 16.2. The predicted octanol–water partition coefficient (Wildman–Crippen LogP) is 15.1. The van der Waals surface area contributed by atoms with E-state index >= 15 is 0 Å². The van der Waals surface area contributed by atoms with E-state index in [9.17, 15) is 0 Å². The number of fused-ring (bicyclic) bond motifs is 10. The SMILES string of the molecule is c1ccc(-c2cc(-c3ccc4ccccc4c3)nc(-c3cccc4cc(-n5c6ccccc6c6cc7c8c9ccccc9ccc8n(-c8ccccc8)c7cc65)ccc34)n2)cc1. The molecule has 13 rings (SSSR count). The van der Waals surface area contributed by atoms with Crippen LogP contribution in [0.1, 0.15) is 0 Å². The monoisotopic (exact) mass is 788 g/mol. The van der Waals surface area contributed by atoms with Gasteiger partial charge in [0.05, 0.1) is 33.5 Å². The minimum Gasteiger partial charge on any atom is -0.309 e. The van der Waals surface area contributed by atoms with Crippen LogP contribution in [0.2, 0.25) is 0 Å². The zero-order chi connectivity index (χ0) is 40.7. The summed E-state index contributed by atoms with van der Waals surface area (Å²) in [5, 5.41) is 12.1. The van der Waals surface area contributed by atoms with Crippen LogP contribution in [0.15, 0.2) is 218 Å². The molecule has 0 aliphatic heterocycles. The van der Waals surface area contributed by atoms with Crippen LogP contribution in [0.4, 0.5) is 0 Å². The largest absolute Gasteiger partial charge is 0.309 e. The van der Waals surface area contributed by atoms with Gasteiger partial charge in [0.1, 0.15) is 0 Å². The summed E-state index contributed by atoms with van der Waals surface area (Å²) in [6, 6.07) is 78.6. The summed E-state index contributed by atoms with van der Waals surface area (Å²) in [5.41, 5.74) is 11.9. The Labute approximate surface area is 357 Å². The highest BCUT2D eigenvalue weighted by molar-refractivity contribution is 6.25. The number of hydrogen-bond acceptors (Lipinski definition) is 2. The third kappa shape index (κ3) is 5.33. The summed E-state index contributed by atoms with van der Waals surface area (Å²) >= 11 is 0. The molecule has 0 saturated carbocycles. The minimum absolute atomic E-state index is 0.702. The van der Waals surface area contributed by atoms with Gasteiger partial charge in [-0.25, -0.2) is 9.97 Å². The Bertz CT molecular complexity index is 3920. The van der Waals surface area contributed by atoms with E-state index in [1.807, 2.05) is 6.07 Å². The molecule has 0 aliphatic rings. The van der Waals surface area contributed by atoms with Crippen molar-refractivity contribution in [3.63, 3.8) is 0 Å². The van der Waals surface area contributed by atoms with Gasteiger partial charge in [0, 0.05) is 49.6 Å². The van der Waals surface area contributed by atoms with Crippen molar-refractivity contribution in [1.82, 2.24) is 19.1 Å². The van der Waals surface area contributed by atoms with E-state index in [0.717, 1.165) is 55.7 Å². The molecule has 4 heteroatoms. The molecule has 288 valence electrons. The first-order valence-electron chi connectivity index (χ1n) is 21.2. The molecule has 3 heterocycles. The van der Waals surface area contributed by atoms with Crippen molar-refractivity contribution >= 4 is 75.9 Å². The maximum absolute atomic E-state index is 5.29. The number of nitrogens with zero attached hydrogens (tertiary/aromatic N) is 4. The average Bonchev–Trinajstić information content (AvgIpc) is 3.85. The van der Waals surface area contributed by atoms with E-state index in [-0.39, 0.29) is 0 Å². The van der Waals surface area contributed by atoms with Crippen LogP contribution < -0.4 is 0 Å². The van der Waals surface area contributed by atoms with Gasteiger partial charge in [0.25, 0.3) is 0 Å². The maximum atomic E-state index is 5.29. The Kier molecular flexibility index (Phi) is 7.57. The van der Waals surface area contributed by atoms with Crippen LogP contribution in [-0.4, -0.2) is 19.1 Å². The third-order valence-electron chi connectivity index (χ3n) is 12.7. The molecule has 0 saturated heterocycles. The van der Waals surface area contributed by atoms with Gasteiger partial charge in [-0.3, -0.25) is 0 Å². The van der Waals surface area contributed by atoms with Gasteiger partial charge in [-0.1, -0.05) is 158 Å². The number of rotatable bonds is 5. The van der Waals surface area contributed by atoms with Crippen LogP contribution in [-0.2, 0) is 0 Å². The highest BCUT2D eigenvalue weighted by Crippen LogP contribution is 2.42. The van der Waals surface area contributed by atoms with Gasteiger partial charge >= 0.3 is 0 Å². The van der Waals surface area contributed by atoms with E-state index in [2.05, 4.69) is 221 Å². The highest BCUT2D eigenvalue weighted by atomic mass is 15.0. The highest BCUT2D eigenvalue weighted by Gasteiger charge is 2.21. The normalized spacial score (nSPS) is 11.9. The molecular formula is C58H36N4. The lowest BCUT2D eigenvalue weighted by Gasteiger charge is -2.13. The summed E-state index contributed by atoms with van der Waals surface area (Å²) in [4.78, 5) is 10.5. The smallest absolute Gasteiger partial charge is 0.161 e. The number of para-hydroxylation sites is 2. The molecule has 3 aromatic heterocycles. The second-order valence-electron chi connectivity index (χ2n) is 16.2. The molecule has 13 aromatic rings. The van der Waals surface area contributed by atoms with Crippen molar-refractivity contribution in [3.8, 4) is 45.3 Å². The van der Waals surface area contributed by atoms with Crippen LogP contribution in [0.25, 0.3) is 121 Å². The van der Waals surface area contributed by atoms with Crippen LogP contribution >= 0.6 is 0 Å². The lowest BCUT2D eigenvalue weighted by molar-refractivity contribution is 1.17. The lowest BCUT2D eigenvalue weighted by atomic mass is 10.0. The Morgan fingerprint density at radius 2 is 0.952 bits per heavy atom. The molecule has 0 bridgehead atoms. The van der Waals surface area contributed by atoms with Crippen molar-refractivity contribution < 1.29 is 0 Å². The van der Waals surface area contributed by atoms with E-state index in [1.165, 1.54) is 59.6 Å². The molecule has 0 aliphatic carbocycles. The molecule has 0 atom stereocenters. The number of aromatic nitrogens is 4. The second kappa shape index (κ2) is 13.6. The summed E-state index contributed by atoms with van der Waals surface area (Å²) in [6.45, 7) is 0. The number of hydrogen-bond donors (Lipinski definition) is 0. The average molecular weight is 789 g/mol. The van der Waals surface area contributed by atoms with Crippen LogP contribution in [0.3, 0.4) is 0 Å². The van der Waals surface area contributed by atoms with Crippen molar-refractivity contribution in [1.29, 1.82) is 0 Å². The van der Waals surface area contributed by atoms with Gasteiger partial charge in [0.15, 0.2) is 5.82 Å². The first kappa shape index (κ1) is 34.5. The summed E-state index contributed by atoms with van der Waals surface area (Å²) in [7, 11) is 0. The zero-order valence-corrected chi connectivity index (χ0v) is 33.6. The quantitative estimate of drug-likeness (QED) is 0.174. The van der Waals surface area contributed by atoms with E-state index in [4.69, 9.17) is 9.97 Å². The Balaban J connectivity index is 1.03. The van der Waals surface area contributed by atoms with E-state index in [0.29, 0.717) is 5.82 Å². The summed E-state index contributed by atoms with van der Waals surface area (Å²) < 4.78 is 4.87. The first-order chi connectivity index (χ1) is 30.7. The van der Waals surface area contributed by atoms with Gasteiger partial charge in [-0.15, -0.1) is 0 Å². The summed E-state index contributed by atoms with van der Waals surface area (Å²) in [5.74, 6) is 0.702. The topological polar surface area (TPSA) is 35.6 Å². The van der Waals surface area contributed by atoms with Crippen molar-refractivity contribution in [2.45, 2.75) is 0 Å². The van der Waals surface area contributed by atoms with Crippen molar-refractivity contribution in [2.24, 2.45) is 0 Å². The molecule has 4 nitrogen and oxygen atoms in total.